The van der Waals surface area contributed by atoms with Crippen molar-refractivity contribution in [3.63, 3.8) is 0 Å². The van der Waals surface area contributed by atoms with Gasteiger partial charge in [-0.2, -0.15) is 0 Å². The fraction of sp³-hybridized carbons (Fsp3) is 0.200. The number of rotatable bonds is 4. The van der Waals surface area contributed by atoms with Crippen LogP contribution in [0.25, 0.3) is 0 Å². The molecule has 5 nitrogen and oxygen atoms in total. The molecule has 0 atom stereocenters. The number of anilines is 2. The third-order valence-electron chi connectivity index (χ3n) is 2.77. The summed E-state index contributed by atoms with van der Waals surface area (Å²) in [6.45, 7) is 2.00. The minimum Gasteiger partial charge on any atom is -0.497 e. The smallest absolute Gasteiger partial charge is 0.176 e. The number of hydrogen-bond acceptors (Lipinski definition) is 4. The van der Waals surface area contributed by atoms with Crippen LogP contribution in [0, 0.1) is 6.92 Å². The van der Waals surface area contributed by atoms with Crippen LogP contribution in [0.3, 0.4) is 0 Å². The third kappa shape index (κ3) is 4.32. The highest BCUT2D eigenvalue weighted by Gasteiger charge is 2.04. The van der Waals surface area contributed by atoms with Crippen molar-refractivity contribution in [2.45, 2.75) is 6.92 Å². The fourth-order valence-corrected chi connectivity index (χ4v) is 1.99. The van der Waals surface area contributed by atoms with Gasteiger partial charge < -0.3 is 20.1 Å². The second-order valence-electron chi connectivity index (χ2n) is 4.40. The van der Waals surface area contributed by atoms with Gasteiger partial charge in [0, 0.05) is 30.1 Å². The van der Waals surface area contributed by atoms with E-state index in [9.17, 15) is 0 Å². The average molecular weight is 303 g/mol. The Kier molecular flexibility index (Phi) is 4.94. The van der Waals surface area contributed by atoms with Gasteiger partial charge in [0.2, 0.25) is 0 Å². The van der Waals surface area contributed by atoms with Gasteiger partial charge in [-0.05, 0) is 36.8 Å². The Hall–Kier alpha value is -2.34. The lowest BCUT2D eigenvalue weighted by Gasteiger charge is -2.12. The Morgan fingerprint density at radius 3 is 2.29 bits per heavy atom. The van der Waals surface area contributed by atoms with Crippen molar-refractivity contribution in [1.82, 2.24) is 4.98 Å². The summed E-state index contributed by atoms with van der Waals surface area (Å²) in [5.41, 5.74) is 1.88. The summed E-state index contributed by atoms with van der Waals surface area (Å²) < 4.78 is 10.4. The molecule has 1 heterocycles. The largest absolute Gasteiger partial charge is 0.497 e. The molecule has 0 saturated carbocycles. The number of nitrogens with zero attached hydrogens (tertiary/aromatic N) is 1. The quantitative estimate of drug-likeness (QED) is 0.846. The first-order chi connectivity index (χ1) is 10.1. The van der Waals surface area contributed by atoms with E-state index in [2.05, 4.69) is 15.6 Å². The Morgan fingerprint density at radius 2 is 1.71 bits per heavy atom. The van der Waals surface area contributed by atoms with E-state index >= 15 is 0 Å². The van der Waals surface area contributed by atoms with Gasteiger partial charge in [0.25, 0.3) is 0 Å². The summed E-state index contributed by atoms with van der Waals surface area (Å²) in [7, 11) is 3.21. The van der Waals surface area contributed by atoms with Crippen molar-refractivity contribution in [2.75, 3.05) is 24.9 Å². The van der Waals surface area contributed by atoms with Crippen molar-refractivity contribution in [1.29, 1.82) is 0 Å². The molecule has 0 bridgehead atoms. The van der Waals surface area contributed by atoms with Crippen LogP contribution >= 0.6 is 12.2 Å². The molecule has 2 N–H and O–H groups in total. The van der Waals surface area contributed by atoms with E-state index in [0.29, 0.717) is 22.4 Å². The van der Waals surface area contributed by atoms with E-state index in [0.717, 1.165) is 11.3 Å². The van der Waals surface area contributed by atoms with Crippen LogP contribution < -0.4 is 20.1 Å². The molecule has 21 heavy (non-hydrogen) atoms. The van der Waals surface area contributed by atoms with Gasteiger partial charge in [-0.25, -0.2) is 4.98 Å². The van der Waals surface area contributed by atoms with Crippen LogP contribution in [-0.4, -0.2) is 24.3 Å². The minimum atomic E-state index is 0.448. The third-order valence-corrected chi connectivity index (χ3v) is 2.97. The highest BCUT2D eigenvalue weighted by Crippen LogP contribution is 2.25. The summed E-state index contributed by atoms with van der Waals surface area (Å²) in [4.78, 5) is 4.20. The first kappa shape index (κ1) is 15.1. The van der Waals surface area contributed by atoms with Crippen molar-refractivity contribution in [3.05, 3.63) is 42.1 Å². The van der Waals surface area contributed by atoms with Crippen molar-refractivity contribution in [2.24, 2.45) is 0 Å². The van der Waals surface area contributed by atoms with Gasteiger partial charge in [-0.15, -0.1) is 0 Å². The molecule has 6 heteroatoms. The molecule has 0 spiro atoms. The number of aryl methyl sites for hydroxylation is 1. The van der Waals surface area contributed by atoms with Crippen LogP contribution in [0.4, 0.5) is 11.5 Å². The normalized spacial score (nSPS) is 9.86. The molecule has 0 radical (unpaired) electrons. The van der Waals surface area contributed by atoms with Gasteiger partial charge in [-0.3, -0.25) is 0 Å². The molecular formula is C15H17N3O2S. The maximum Gasteiger partial charge on any atom is 0.176 e. The molecule has 0 saturated heterocycles. The van der Waals surface area contributed by atoms with E-state index < -0.39 is 0 Å². The van der Waals surface area contributed by atoms with Crippen molar-refractivity contribution < 1.29 is 9.47 Å². The predicted octanol–water partition coefficient (Wildman–Crippen LogP) is 3.22. The number of nitrogens with one attached hydrogen (secondary N) is 2. The van der Waals surface area contributed by atoms with E-state index in [1.165, 1.54) is 0 Å². The highest BCUT2D eigenvalue weighted by molar-refractivity contribution is 7.80. The Bertz CT molecular complexity index is 624. The summed E-state index contributed by atoms with van der Waals surface area (Å²) in [6.07, 6.45) is 1.73. The summed E-state index contributed by atoms with van der Waals surface area (Å²) in [6, 6.07) is 9.30. The fourth-order valence-electron chi connectivity index (χ4n) is 1.76. The number of thiocarbonyl (C=S) groups is 1. The molecule has 0 aliphatic heterocycles. The number of benzene rings is 1. The van der Waals surface area contributed by atoms with Crippen LogP contribution in [0.5, 0.6) is 11.5 Å². The lowest BCUT2D eigenvalue weighted by Crippen LogP contribution is -2.19. The molecule has 2 rings (SSSR count). The highest BCUT2D eigenvalue weighted by atomic mass is 32.1. The Morgan fingerprint density at radius 1 is 1.05 bits per heavy atom. The lowest BCUT2D eigenvalue weighted by molar-refractivity contribution is 0.395. The lowest BCUT2D eigenvalue weighted by atomic mass is 10.3. The van der Waals surface area contributed by atoms with E-state index in [1.54, 1.807) is 26.5 Å². The van der Waals surface area contributed by atoms with Gasteiger partial charge in [0.1, 0.15) is 17.3 Å². The van der Waals surface area contributed by atoms with Crippen LogP contribution in [-0.2, 0) is 0 Å². The van der Waals surface area contributed by atoms with E-state index in [-0.39, 0.29) is 0 Å². The maximum absolute atomic E-state index is 5.28. The monoisotopic (exact) mass is 303 g/mol. The van der Waals surface area contributed by atoms with Gasteiger partial charge in [0.15, 0.2) is 5.11 Å². The maximum atomic E-state index is 5.28. The van der Waals surface area contributed by atoms with E-state index in [1.807, 2.05) is 31.2 Å². The molecule has 0 aliphatic carbocycles. The average Bonchev–Trinajstić information content (AvgIpc) is 2.46. The number of methoxy groups -OCH3 is 2. The molecular weight excluding hydrogens is 286 g/mol. The SMILES string of the molecule is COc1cc(NC(=S)Nc2cc(C)ccn2)cc(OC)c1. The zero-order valence-electron chi connectivity index (χ0n) is 12.1. The first-order valence-electron chi connectivity index (χ1n) is 6.34. The number of aromatic nitrogens is 1. The van der Waals surface area contributed by atoms with Crippen LogP contribution in [0.2, 0.25) is 0 Å². The predicted molar refractivity (Wildman–Crippen MR) is 88.4 cm³/mol. The standard InChI is InChI=1S/C15H17N3O2S/c1-10-4-5-16-14(6-10)18-15(21)17-11-7-12(19-2)9-13(8-11)20-3/h4-9H,1-3H3,(H2,16,17,18,21). The molecule has 0 aliphatic rings. The molecule has 1 aromatic carbocycles. The minimum absolute atomic E-state index is 0.448. The van der Waals surface area contributed by atoms with Crippen molar-refractivity contribution in [3.8, 4) is 11.5 Å². The molecule has 0 amide bonds. The molecule has 0 unspecified atom stereocenters. The van der Waals surface area contributed by atoms with Crippen molar-refractivity contribution >= 4 is 28.8 Å². The summed E-state index contributed by atoms with van der Waals surface area (Å²) >= 11 is 5.28. The van der Waals surface area contributed by atoms with Crippen LogP contribution in [0.1, 0.15) is 5.56 Å². The Labute approximate surface area is 129 Å². The zero-order chi connectivity index (χ0) is 15.2. The molecule has 2 aromatic rings. The zero-order valence-corrected chi connectivity index (χ0v) is 13.0. The molecule has 110 valence electrons. The van der Waals surface area contributed by atoms with E-state index in [4.69, 9.17) is 21.7 Å². The number of ether oxygens (including phenoxy) is 2. The van der Waals surface area contributed by atoms with Gasteiger partial charge >= 0.3 is 0 Å². The van der Waals surface area contributed by atoms with Gasteiger partial charge in [-0.1, -0.05) is 0 Å². The second-order valence-corrected chi connectivity index (χ2v) is 4.81. The summed E-state index contributed by atoms with van der Waals surface area (Å²) in [5, 5.41) is 6.56. The summed E-state index contributed by atoms with van der Waals surface area (Å²) in [5.74, 6) is 2.07. The first-order valence-corrected chi connectivity index (χ1v) is 6.75. The van der Waals surface area contributed by atoms with Crippen LogP contribution in [0.15, 0.2) is 36.5 Å². The van der Waals surface area contributed by atoms with Gasteiger partial charge in [0.05, 0.1) is 14.2 Å². The number of hydrogen-bond donors (Lipinski definition) is 2. The molecule has 0 fully saturated rings. The topological polar surface area (TPSA) is 55.4 Å². The molecule has 1 aromatic heterocycles. The Balaban J connectivity index is 2.08. The number of pyridine rings is 1. The second kappa shape index (κ2) is 6.90.